The summed E-state index contributed by atoms with van der Waals surface area (Å²) in [5, 5.41) is 10.5. The van der Waals surface area contributed by atoms with Gasteiger partial charge in [0.1, 0.15) is 0 Å². The third-order valence-corrected chi connectivity index (χ3v) is 13.4. The Morgan fingerprint density at radius 1 is 0.882 bits per heavy atom. The maximum Gasteiger partial charge on any atom is 0.314 e. The van der Waals surface area contributed by atoms with Crippen LogP contribution in [0.2, 0.25) is 0 Å². The van der Waals surface area contributed by atoms with Crippen molar-refractivity contribution in [2.45, 2.75) is 113 Å². The summed E-state index contributed by atoms with van der Waals surface area (Å²) in [4.78, 5) is 26.0. The predicted molar refractivity (Wildman–Crippen MR) is 136 cm³/mol. The highest BCUT2D eigenvalue weighted by atomic mass is 16.4. The largest absolute Gasteiger partial charge is 0.481 e. The minimum absolute atomic E-state index is 0.0656. The fourth-order valence-electron chi connectivity index (χ4n) is 11.1. The second-order valence-corrected chi connectivity index (χ2v) is 14.8. The number of allylic oxidation sites excluding steroid dienone is 1. The molecular formula is C31H48O3. The summed E-state index contributed by atoms with van der Waals surface area (Å²) < 4.78 is 0. The van der Waals surface area contributed by atoms with E-state index in [0.29, 0.717) is 23.2 Å². The summed E-state index contributed by atoms with van der Waals surface area (Å²) in [6, 6.07) is 0. The number of Topliss-reactive ketones (excluding diaryl/α,β-unsaturated/α-hetero) is 1. The second-order valence-electron chi connectivity index (χ2n) is 14.8. The van der Waals surface area contributed by atoms with Crippen molar-refractivity contribution >= 4 is 11.8 Å². The Balaban J connectivity index is 1.62. The molecule has 0 amide bonds. The standard InChI is InChI=1S/C31H48O3/c1-18(2)24-21(32)17-31(26(33)34)16-15-29(7)20(25(24)31)9-10-23-28(6)13-11-19(3)27(4,5)22(28)12-14-30(23,29)8/h18-20,22-23H,9-17H2,1-8H3,(H,33,34)/t19-,20+,22-,23+,28-,29+,30+,31+/m0/s1. The molecule has 0 aromatic heterocycles. The number of hydrogen-bond donors (Lipinski definition) is 1. The molecule has 0 aromatic carbocycles. The summed E-state index contributed by atoms with van der Waals surface area (Å²) in [5.41, 5.74) is 2.01. The summed E-state index contributed by atoms with van der Waals surface area (Å²) in [7, 11) is 0. The molecule has 3 heteroatoms. The molecule has 34 heavy (non-hydrogen) atoms. The van der Waals surface area contributed by atoms with Gasteiger partial charge in [0.2, 0.25) is 0 Å². The maximum absolute atomic E-state index is 13.3. The SMILES string of the molecule is CC(C)C1=C2[C@H]3CC[C@@H]4[C@@]5(C)CC[C@H](C)C(C)(C)[C@@H]5CC[C@@]4(C)[C@]3(C)CC[C@@]2(C(=O)O)CC1=O. The molecule has 4 saturated carbocycles. The van der Waals surface area contributed by atoms with Gasteiger partial charge >= 0.3 is 5.97 Å². The number of ketones is 1. The first kappa shape index (κ1) is 24.6. The van der Waals surface area contributed by atoms with Crippen LogP contribution in [-0.4, -0.2) is 16.9 Å². The topological polar surface area (TPSA) is 54.4 Å². The summed E-state index contributed by atoms with van der Waals surface area (Å²) in [5.74, 6) is 1.92. The molecule has 8 atom stereocenters. The van der Waals surface area contributed by atoms with E-state index in [0.717, 1.165) is 35.8 Å². The average Bonchev–Trinajstić information content (AvgIpc) is 3.05. The van der Waals surface area contributed by atoms with E-state index < -0.39 is 11.4 Å². The van der Waals surface area contributed by atoms with Crippen LogP contribution in [0, 0.1) is 56.7 Å². The van der Waals surface area contributed by atoms with Crippen LogP contribution in [0.4, 0.5) is 0 Å². The van der Waals surface area contributed by atoms with Gasteiger partial charge in [-0.05, 0) is 114 Å². The molecule has 0 radical (unpaired) electrons. The Labute approximate surface area is 207 Å². The molecule has 0 spiro atoms. The van der Waals surface area contributed by atoms with E-state index >= 15 is 0 Å². The van der Waals surface area contributed by atoms with Crippen molar-refractivity contribution in [1.29, 1.82) is 0 Å². The first-order valence-electron chi connectivity index (χ1n) is 14.2. The number of carbonyl (C=O) groups excluding carboxylic acids is 1. The van der Waals surface area contributed by atoms with E-state index in [1.165, 1.54) is 32.1 Å². The zero-order chi connectivity index (χ0) is 25.1. The molecule has 0 bridgehead atoms. The average molecular weight is 469 g/mol. The van der Waals surface area contributed by atoms with Gasteiger partial charge < -0.3 is 5.11 Å². The van der Waals surface area contributed by atoms with Gasteiger partial charge in [-0.15, -0.1) is 0 Å². The van der Waals surface area contributed by atoms with E-state index in [2.05, 4.69) is 55.4 Å². The molecule has 5 rings (SSSR count). The third-order valence-electron chi connectivity index (χ3n) is 13.4. The van der Waals surface area contributed by atoms with Gasteiger partial charge in [0, 0.05) is 6.42 Å². The van der Waals surface area contributed by atoms with Crippen molar-refractivity contribution in [1.82, 2.24) is 0 Å². The van der Waals surface area contributed by atoms with Crippen LogP contribution < -0.4 is 0 Å². The fraction of sp³-hybridized carbons (Fsp3) is 0.871. The molecule has 0 aromatic rings. The van der Waals surface area contributed by atoms with Crippen LogP contribution in [-0.2, 0) is 9.59 Å². The third kappa shape index (κ3) is 2.71. The quantitative estimate of drug-likeness (QED) is 0.452. The van der Waals surface area contributed by atoms with Crippen LogP contribution in [0.25, 0.3) is 0 Å². The summed E-state index contributed by atoms with van der Waals surface area (Å²) >= 11 is 0. The second kappa shape index (κ2) is 7.22. The lowest BCUT2D eigenvalue weighted by molar-refractivity contribution is -0.220. The van der Waals surface area contributed by atoms with Gasteiger partial charge in [-0.2, -0.15) is 0 Å². The molecule has 0 aliphatic heterocycles. The summed E-state index contributed by atoms with van der Waals surface area (Å²) in [6.45, 7) is 19.4. The molecule has 3 nitrogen and oxygen atoms in total. The molecule has 0 unspecified atom stereocenters. The number of fused-ring (bicyclic) bond motifs is 7. The first-order valence-corrected chi connectivity index (χ1v) is 14.2. The number of carboxylic acid groups (broad SMARTS) is 1. The Morgan fingerprint density at radius 3 is 2.18 bits per heavy atom. The molecule has 5 aliphatic rings. The van der Waals surface area contributed by atoms with Crippen molar-refractivity contribution in [3.8, 4) is 0 Å². The number of hydrogen-bond acceptors (Lipinski definition) is 2. The van der Waals surface area contributed by atoms with Gasteiger partial charge in [0.15, 0.2) is 5.78 Å². The van der Waals surface area contributed by atoms with Crippen LogP contribution in [0.5, 0.6) is 0 Å². The van der Waals surface area contributed by atoms with Gasteiger partial charge in [-0.3, -0.25) is 9.59 Å². The molecule has 0 heterocycles. The van der Waals surface area contributed by atoms with Gasteiger partial charge in [-0.1, -0.05) is 55.4 Å². The highest BCUT2D eigenvalue weighted by Crippen LogP contribution is 2.77. The minimum atomic E-state index is -0.937. The van der Waals surface area contributed by atoms with Crippen LogP contribution in [0.1, 0.15) is 113 Å². The van der Waals surface area contributed by atoms with Crippen molar-refractivity contribution in [3.05, 3.63) is 11.1 Å². The lowest BCUT2D eigenvalue weighted by Crippen LogP contribution is -2.65. The Hall–Kier alpha value is -1.12. The Kier molecular flexibility index (Phi) is 5.22. The van der Waals surface area contributed by atoms with Crippen LogP contribution in [0.15, 0.2) is 11.1 Å². The lowest BCUT2D eigenvalue weighted by Gasteiger charge is -2.72. The van der Waals surface area contributed by atoms with Crippen molar-refractivity contribution in [3.63, 3.8) is 0 Å². The van der Waals surface area contributed by atoms with Gasteiger partial charge in [-0.25, -0.2) is 0 Å². The molecule has 190 valence electrons. The molecule has 5 aliphatic carbocycles. The lowest BCUT2D eigenvalue weighted by atomic mass is 9.32. The fourth-order valence-corrected chi connectivity index (χ4v) is 11.1. The first-order chi connectivity index (χ1) is 15.7. The zero-order valence-electron chi connectivity index (χ0n) is 23.0. The highest BCUT2D eigenvalue weighted by Gasteiger charge is 2.70. The Bertz CT molecular complexity index is 958. The van der Waals surface area contributed by atoms with Gasteiger partial charge in [0.05, 0.1) is 5.41 Å². The Morgan fingerprint density at radius 2 is 1.56 bits per heavy atom. The zero-order valence-corrected chi connectivity index (χ0v) is 23.0. The van der Waals surface area contributed by atoms with E-state index in [4.69, 9.17) is 0 Å². The number of rotatable bonds is 2. The minimum Gasteiger partial charge on any atom is -0.481 e. The van der Waals surface area contributed by atoms with E-state index in [1.807, 2.05) is 0 Å². The van der Waals surface area contributed by atoms with E-state index in [1.54, 1.807) is 0 Å². The number of aliphatic carboxylic acids is 1. The normalized spacial score (nSPS) is 49.9. The highest BCUT2D eigenvalue weighted by molar-refractivity contribution is 6.05. The monoisotopic (exact) mass is 468 g/mol. The predicted octanol–water partition coefficient (Wildman–Crippen LogP) is 7.69. The van der Waals surface area contributed by atoms with Crippen LogP contribution >= 0.6 is 0 Å². The van der Waals surface area contributed by atoms with Crippen molar-refractivity contribution < 1.29 is 14.7 Å². The molecule has 1 N–H and O–H groups in total. The number of carboxylic acids is 1. The van der Waals surface area contributed by atoms with Gasteiger partial charge in [0.25, 0.3) is 0 Å². The smallest absolute Gasteiger partial charge is 0.314 e. The maximum atomic E-state index is 13.3. The summed E-state index contributed by atoms with van der Waals surface area (Å²) in [6.07, 6.45) is 9.23. The molecule has 4 fully saturated rings. The number of carbonyl (C=O) groups is 2. The van der Waals surface area contributed by atoms with E-state index in [9.17, 15) is 14.7 Å². The molecule has 0 saturated heterocycles. The van der Waals surface area contributed by atoms with Crippen molar-refractivity contribution in [2.75, 3.05) is 0 Å². The molecular weight excluding hydrogens is 420 g/mol. The van der Waals surface area contributed by atoms with Crippen molar-refractivity contribution in [2.24, 2.45) is 56.7 Å². The van der Waals surface area contributed by atoms with E-state index in [-0.39, 0.29) is 34.9 Å². The van der Waals surface area contributed by atoms with Crippen LogP contribution in [0.3, 0.4) is 0 Å².